The normalized spacial score (nSPS) is 10.0. The number of hydrogen-bond donors (Lipinski definition) is 1. The maximum atomic E-state index is 4.21. The third-order valence-electron chi connectivity index (χ3n) is 1.66. The Hall–Kier alpha value is -1.64. The SMILES string of the molecule is c1ccc(Cc2ccn[nH]2)nc1. The van der Waals surface area contributed by atoms with Gasteiger partial charge in [-0.3, -0.25) is 10.1 Å². The molecule has 60 valence electrons. The number of aromatic amines is 1. The van der Waals surface area contributed by atoms with Crippen molar-refractivity contribution in [2.75, 3.05) is 0 Å². The van der Waals surface area contributed by atoms with Crippen LogP contribution < -0.4 is 0 Å². The molecule has 0 saturated heterocycles. The predicted octanol–water partition coefficient (Wildman–Crippen LogP) is 1.40. The van der Waals surface area contributed by atoms with Gasteiger partial charge in [-0.1, -0.05) is 6.07 Å². The van der Waals surface area contributed by atoms with Gasteiger partial charge >= 0.3 is 0 Å². The number of nitrogens with one attached hydrogen (secondary N) is 1. The molecule has 0 unspecified atom stereocenters. The number of pyridine rings is 1. The van der Waals surface area contributed by atoms with Gasteiger partial charge in [-0.2, -0.15) is 5.10 Å². The Morgan fingerprint density at radius 2 is 2.17 bits per heavy atom. The molecule has 2 aromatic heterocycles. The van der Waals surface area contributed by atoms with Crippen molar-refractivity contribution in [1.82, 2.24) is 15.2 Å². The maximum absolute atomic E-state index is 4.21. The first-order valence-electron chi connectivity index (χ1n) is 3.83. The van der Waals surface area contributed by atoms with Crippen molar-refractivity contribution >= 4 is 0 Å². The van der Waals surface area contributed by atoms with Gasteiger partial charge < -0.3 is 0 Å². The third kappa shape index (κ3) is 1.50. The van der Waals surface area contributed by atoms with E-state index in [-0.39, 0.29) is 0 Å². The van der Waals surface area contributed by atoms with Crippen LogP contribution in [0.5, 0.6) is 0 Å². The van der Waals surface area contributed by atoms with Crippen LogP contribution >= 0.6 is 0 Å². The van der Waals surface area contributed by atoms with Crippen molar-refractivity contribution in [3.05, 3.63) is 48.0 Å². The van der Waals surface area contributed by atoms with Crippen LogP contribution in [0.2, 0.25) is 0 Å². The van der Waals surface area contributed by atoms with E-state index in [1.54, 1.807) is 12.4 Å². The van der Waals surface area contributed by atoms with E-state index in [0.717, 1.165) is 17.8 Å². The summed E-state index contributed by atoms with van der Waals surface area (Å²) in [5.74, 6) is 0. The second kappa shape index (κ2) is 3.17. The zero-order chi connectivity index (χ0) is 8.23. The van der Waals surface area contributed by atoms with Crippen molar-refractivity contribution < 1.29 is 0 Å². The van der Waals surface area contributed by atoms with Crippen molar-refractivity contribution in [2.24, 2.45) is 0 Å². The van der Waals surface area contributed by atoms with Gasteiger partial charge in [0.05, 0.1) is 0 Å². The summed E-state index contributed by atoms with van der Waals surface area (Å²) in [6.45, 7) is 0. The molecule has 0 spiro atoms. The Balaban J connectivity index is 2.15. The van der Waals surface area contributed by atoms with Gasteiger partial charge in [0.1, 0.15) is 0 Å². The monoisotopic (exact) mass is 159 g/mol. The Bertz CT molecular complexity index is 326. The van der Waals surface area contributed by atoms with Gasteiger partial charge in [-0.05, 0) is 18.2 Å². The lowest BCUT2D eigenvalue weighted by molar-refractivity contribution is 0.967. The average molecular weight is 159 g/mol. The van der Waals surface area contributed by atoms with Crippen LogP contribution in [0.25, 0.3) is 0 Å². The van der Waals surface area contributed by atoms with Crippen LogP contribution in [0.4, 0.5) is 0 Å². The smallest absolute Gasteiger partial charge is 0.0490 e. The van der Waals surface area contributed by atoms with Crippen molar-refractivity contribution in [1.29, 1.82) is 0 Å². The fraction of sp³-hybridized carbons (Fsp3) is 0.111. The lowest BCUT2D eigenvalue weighted by Gasteiger charge is -1.95. The van der Waals surface area contributed by atoms with Crippen LogP contribution in [0.3, 0.4) is 0 Å². The second-order valence-electron chi connectivity index (χ2n) is 2.58. The molecule has 0 amide bonds. The Labute approximate surface area is 70.5 Å². The first kappa shape index (κ1) is 7.03. The largest absolute Gasteiger partial charge is 0.282 e. The number of rotatable bonds is 2. The fourth-order valence-corrected chi connectivity index (χ4v) is 1.08. The molecule has 0 saturated carbocycles. The standard InChI is InChI=1S/C9H9N3/c1-2-5-10-8(3-1)7-9-4-6-11-12-9/h1-6H,7H2,(H,11,12). The summed E-state index contributed by atoms with van der Waals surface area (Å²) in [5, 5.41) is 6.76. The molecular weight excluding hydrogens is 150 g/mol. The molecular formula is C9H9N3. The van der Waals surface area contributed by atoms with E-state index in [2.05, 4.69) is 15.2 Å². The molecule has 3 heteroatoms. The van der Waals surface area contributed by atoms with Crippen LogP contribution in [0, 0.1) is 0 Å². The van der Waals surface area contributed by atoms with E-state index in [1.807, 2.05) is 24.3 Å². The third-order valence-corrected chi connectivity index (χ3v) is 1.66. The van der Waals surface area contributed by atoms with E-state index in [9.17, 15) is 0 Å². The molecule has 0 aliphatic carbocycles. The summed E-state index contributed by atoms with van der Waals surface area (Å²) in [6, 6.07) is 7.85. The molecule has 0 bridgehead atoms. The molecule has 0 radical (unpaired) electrons. The van der Waals surface area contributed by atoms with Crippen LogP contribution in [-0.4, -0.2) is 15.2 Å². The number of hydrogen-bond acceptors (Lipinski definition) is 2. The highest BCUT2D eigenvalue weighted by atomic mass is 15.1. The summed E-state index contributed by atoms with van der Waals surface area (Å²) >= 11 is 0. The number of H-pyrrole nitrogens is 1. The average Bonchev–Trinajstić information content (AvgIpc) is 2.59. The van der Waals surface area contributed by atoms with E-state index >= 15 is 0 Å². The summed E-state index contributed by atoms with van der Waals surface area (Å²) < 4.78 is 0. The minimum atomic E-state index is 0.820. The maximum Gasteiger partial charge on any atom is 0.0490 e. The van der Waals surface area contributed by atoms with Gasteiger partial charge in [0.25, 0.3) is 0 Å². The lowest BCUT2D eigenvalue weighted by Crippen LogP contribution is -1.90. The Morgan fingerprint density at radius 1 is 1.17 bits per heavy atom. The highest BCUT2D eigenvalue weighted by molar-refractivity contribution is 5.12. The number of nitrogens with zero attached hydrogens (tertiary/aromatic N) is 2. The second-order valence-corrected chi connectivity index (χ2v) is 2.58. The molecule has 0 aliphatic heterocycles. The van der Waals surface area contributed by atoms with Crippen LogP contribution in [-0.2, 0) is 6.42 Å². The van der Waals surface area contributed by atoms with E-state index < -0.39 is 0 Å². The summed E-state index contributed by atoms with van der Waals surface area (Å²) in [4.78, 5) is 4.21. The quantitative estimate of drug-likeness (QED) is 0.719. The van der Waals surface area contributed by atoms with Crippen molar-refractivity contribution in [2.45, 2.75) is 6.42 Å². The first-order valence-corrected chi connectivity index (χ1v) is 3.83. The number of aromatic nitrogens is 3. The molecule has 0 aliphatic rings. The Kier molecular flexibility index (Phi) is 1.86. The van der Waals surface area contributed by atoms with Gasteiger partial charge in [-0.25, -0.2) is 0 Å². The topological polar surface area (TPSA) is 41.6 Å². The molecule has 2 aromatic rings. The van der Waals surface area contributed by atoms with E-state index in [0.29, 0.717) is 0 Å². The predicted molar refractivity (Wildman–Crippen MR) is 45.6 cm³/mol. The minimum Gasteiger partial charge on any atom is -0.282 e. The van der Waals surface area contributed by atoms with Crippen LogP contribution in [0.15, 0.2) is 36.7 Å². The van der Waals surface area contributed by atoms with Gasteiger partial charge in [0, 0.05) is 30.2 Å². The zero-order valence-corrected chi connectivity index (χ0v) is 6.57. The highest BCUT2D eigenvalue weighted by Crippen LogP contribution is 2.01. The van der Waals surface area contributed by atoms with Gasteiger partial charge in [0.2, 0.25) is 0 Å². The molecule has 0 fully saturated rings. The van der Waals surface area contributed by atoms with Crippen molar-refractivity contribution in [3.63, 3.8) is 0 Å². The van der Waals surface area contributed by atoms with E-state index in [4.69, 9.17) is 0 Å². The van der Waals surface area contributed by atoms with Gasteiger partial charge in [-0.15, -0.1) is 0 Å². The Morgan fingerprint density at radius 3 is 2.83 bits per heavy atom. The molecule has 12 heavy (non-hydrogen) atoms. The van der Waals surface area contributed by atoms with Gasteiger partial charge in [0.15, 0.2) is 0 Å². The van der Waals surface area contributed by atoms with E-state index in [1.165, 1.54) is 0 Å². The molecule has 2 heterocycles. The fourth-order valence-electron chi connectivity index (χ4n) is 1.08. The summed E-state index contributed by atoms with van der Waals surface area (Å²) in [5.41, 5.74) is 2.15. The highest BCUT2D eigenvalue weighted by Gasteiger charge is 1.95. The zero-order valence-electron chi connectivity index (χ0n) is 6.57. The molecule has 3 nitrogen and oxygen atoms in total. The summed E-state index contributed by atoms with van der Waals surface area (Å²) in [6.07, 6.45) is 4.37. The molecule has 2 rings (SSSR count). The van der Waals surface area contributed by atoms with Crippen molar-refractivity contribution in [3.8, 4) is 0 Å². The van der Waals surface area contributed by atoms with Crippen LogP contribution in [0.1, 0.15) is 11.4 Å². The molecule has 0 atom stereocenters. The lowest BCUT2D eigenvalue weighted by atomic mass is 10.2. The molecule has 1 N–H and O–H groups in total. The summed E-state index contributed by atoms with van der Waals surface area (Å²) in [7, 11) is 0. The first-order chi connectivity index (χ1) is 5.95. The minimum absolute atomic E-state index is 0.820. The molecule has 0 aromatic carbocycles.